The van der Waals surface area contributed by atoms with Gasteiger partial charge in [-0.15, -0.1) is 0 Å². The summed E-state index contributed by atoms with van der Waals surface area (Å²) >= 11 is 0. The van der Waals surface area contributed by atoms with E-state index in [1.807, 2.05) is 6.92 Å². The SMILES string of the molecule is COc1cc(/C=C(\C)[N+](=O)[O-])c(OC)cc1C. The molecule has 1 rings (SSSR count). The topological polar surface area (TPSA) is 61.6 Å². The summed E-state index contributed by atoms with van der Waals surface area (Å²) in [5.41, 5.74) is 1.60. The van der Waals surface area contributed by atoms with Crippen LogP contribution in [-0.2, 0) is 0 Å². The van der Waals surface area contributed by atoms with Crippen molar-refractivity contribution in [3.8, 4) is 11.5 Å². The van der Waals surface area contributed by atoms with Gasteiger partial charge in [-0.05, 0) is 24.6 Å². The lowest BCUT2D eigenvalue weighted by molar-refractivity contribution is -0.422. The van der Waals surface area contributed by atoms with Gasteiger partial charge in [0.05, 0.1) is 19.1 Å². The quantitative estimate of drug-likeness (QED) is 0.596. The maximum Gasteiger partial charge on any atom is 0.243 e. The summed E-state index contributed by atoms with van der Waals surface area (Å²) in [6, 6.07) is 3.51. The number of aryl methyl sites for hydroxylation is 1. The highest BCUT2D eigenvalue weighted by atomic mass is 16.6. The first-order valence-corrected chi connectivity index (χ1v) is 5.05. The molecule has 1 aromatic carbocycles. The van der Waals surface area contributed by atoms with Gasteiger partial charge >= 0.3 is 0 Å². The van der Waals surface area contributed by atoms with Crippen molar-refractivity contribution in [1.29, 1.82) is 0 Å². The molecule has 1 aromatic rings. The second kappa shape index (κ2) is 5.34. The maximum atomic E-state index is 10.6. The van der Waals surface area contributed by atoms with Crippen LogP contribution >= 0.6 is 0 Å². The molecule has 0 saturated carbocycles. The van der Waals surface area contributed by atoms with Crippen LogP contribution in [0.1, 0.15) is 18.1 Å². The summed E-state index contributed by atoms with van der Waals surface area (Å²) < 4.78 is 10.4. The van der Waals surface area contributed by atoms with Crippen LogP contribution in [0.4, 0.5) is 0 Å². The van der Waals surface area contributed by atoms with Gasteiger partial charge in [-0.3, -0.25) is 10.1 Å². The Hall–Kier alpha value is -2.04. The van der Waals surface area contributed by atoms with E-state index >= 15 is 0 Å². The highest BCUT2D eigenvalue weighted by molar-refractivity contribution is 5.62. The fraction of sp³-hybridized carbons (Fsp3) is 0.333. The number of methoxy groups -OCH3 is 2. The van der Waals surface area contributed by atoms with E-state index in [1.54, 1.807) is 19.2 Å². The molecule has 92 valence electrons. The van der Waals surface area contributed by atoms with Gasteiger partial charge in [-0.2, -0.15) is 0 Å². The van der Waals surface area contributed by atoms with E-state index in [0.29, 0.717) is 17.1 Å². The van der Waals surface area contributed by atoms with E-state index in [2.05, 4.69) is 0 Å². The van der Waals surface area contributed by atoms with Crippen LogP contribution < -0.4 is 9.47 Å². The van der Waals surface area contributed by atoms with Crippen molar-refractivity contribution in [1.82, 2.24) is 0 Å². The third-order valence-electron chi connectivity index (χ3n) is 2.40. The molecule has 0 heterocycles. The Balaban J connectivity index is 3.31. The molecule has 0 aliphatic rings. The second-order valence-electron chi connectivity index (χ2n) is 3.61. The minimum absolute atomic E-state index is 0.0502. The van der Waals surface area contributed by atoms with Gasteiger partial charge in [0.2, 0.25) is 5.70 Å². The zero-order chi connectivity index (χ0) is 13.0. The van der Waals surface area contributed by atoms with Crippen molar-refractivity contribution in [3.63, 3.8) is 0 Å². The molecule has 0 unspecified atom stereocenters. The predicted molar refractivity (Wildman–Crippen MR) is 64.9 cm³/mol. The first-order valence-electron chi connectivity index (χ1n) is 5.05. The van der Waals surface area contributed by atoms with Gasteiger partial charge in [0.25, 0.3) is 0 Å². The van der Waals surface area contributed by atoms with E-state index in [-0.39, 0.29) is 5.70 Å². The molecule has 0 aromatic heterocycles. The molecule has 17 heavy (non-hydrogen) atoms. The first kappa shape index (κ1) is 13.0. The molecule has 0 N–H and O–H groups in total. The highest BCUT2D eigenvalue weighted by Gasteiger charge is 2.10. The monoisotopic (exact) mass is 237 g/mol. The Labute approximate surface area is 99.8 Å². The number of allylic oxidation sites excluding steroid dienone is 1. The zero-order valence-corrected chi connectivity index (χ0v) is 10.3. The van der Waals surface area contributed by atoms with Crippen molar-refractivity contribution in [2.45, 2.75) is 13.8 Å². The van der Waals surface area contributed by atoms with Crippen LogP contribution in [0.3, 0.4) is 0 Å². The second-order valence-corrected chi connectivity index (χ2v) is 3.61. The molecule has 0 aliphatic heterocycles. The van der Waals surface area contributed by atoms with Crippen LogP contribution in [0.25, 0.3) is 6.08 Å². The Morgan fingerprint density at radius 1 is 1.29 bits per heavy atom. The van der Waals surface area contributed by atoms with Crippen molar-refractivity contribution >= 4 is 6.08 Å². The van der Waals surface area contributed by atoms with E-state index in [0.717, 1.165) is 5.56 Å². The average Bonchev–Trinajstić information content (AvgIpc) is 2.30. The van der Waals surface area contributed by atoms with Crippen molar-refractivity contribution in [3.05, 3.63) is 39.1 Å². The smallest absolute Gasteiger partial charge is 0.243 e. The number of nitrogens with zero attached hydrogens (tertiary/aromatic N) is 1. The molecule has 0 fully saturated rings. The number of nitro groups is 1. The summed E-state index contributed by atoms with van der Waals surface area (Å²) in [4.78, 5) is 10.2. The third-order valence-corrected chi connectivity index (χ3v) is 2.40. The zero-order valence-electron chi connectivity index (χ0n) is 10.3. The third kappa shape index (κ3) is 2.96. The normalized spacial score (nSPS) is 11.2. The van der Waals surface area contributed by atoms with Crippen LogP contribution in [0, 0.1) is 17.0 Å². The minimum atomic E-state index is -0.439. The molecule has 0 radical (unpaired) electrons. The summed E-state index contributed by atoms with van der Waals surface area (Å²) in [6.45, 7) is 3.32. The molecular formula is C12H15NO4. The summed E-state index contributed by atoms with van der Waals surface area (Å²) in [5, 5.41) is 10.6. The lowest BCUT2D eigenvalue weighted by atomic mass is 10.1. The lowest BCUT2D eigenvalue weighted by Gasteiger charge is -2.10. The number of hydrogen-bond donors (Lipinski definition) is 0. The van der Waals surface area contributed by atoms with E-state index < -0.39 is 4.92 Å². The van der Waals surface area contributed by atoms with E-state index in [1.165, 1.54) is 20.1 Å². The summed E-state index contributed by atoms with van der Waals surface area (Å²) in [5.74, 6) is 1.26. The molecule has 0 bridgehead atoms. The fourth-order valence-corrected chi connectivity index (χ4v) is 1.46. The van der Waals surface area contributed by atoms with Crippen LogP contribution in [-0.4, -0.2) is 19.1 Å². The number of hydrogen-bond acceptors (Lipinski definition) is 4. The average molecular weight is 237 g/mol. The predicted octanol–water partition coefficient (Wildman–Crippen LogP) is 2.65. The van der Waals surface area contributed by atoms with Crippen LogP contribution in [0.2, 0.25) is 0 Å². The Bertz CT molecular complexity index is 466. The van der Waals surface area contributed by atoms with Gasteiger partial charge in [-0.1, -0.05) is 0 Å². The van der Waals surface area contributed by atoms with Gasteiger partial charge in [0, 0.05) is 18.6 Å². The van der Waals surface area contributed by atoms with E-state index in [9.17, 15) is 10.1 Å². The van der Waals surface area contributed by atoms with Crippen molar-refractivity contribution < 1.29 is 14.4 Å². The van der Waals surface area contributed by atoms with Crippen LogP contribution in [0.5, 0.6) is 11.5 Å². The van der Waals surface area contributed by atoms with Crippen molar-refractivity contribution in [2.24, 2.45) is 0 Å². The Morgan fingerprint density at radius 2 is 1.88 bits per heavy atom. The van der Waals surface area contributed by atoms with Crippen LogP contribution in [0.15, 0.2) is 17.8 Å². The first-order chi connectivity index (χ1) is 7.99. The summed E-state index contributed by atoms with van der Waals surface area (Å²) in [6.07, 6.45) is 1.46. The molecule has 5 nitrogen and oxygen atoms in total. The van der Waals surface area contributed by atoms with E-state index in [4.69, 9.17) is 9.47 Å². The highest BCUT2D eigenvalue weighted by Crippen LogP contribution is 2.29. The van der Waals surface area contributed by atoms with Gasteiger partial charge < -0.3 is 9.47 Å². The lowest BCUT2D eigenvalue weighted by Crippen LogP contribution is -1.96. The molecular weight excluding hydrogens is 222 g/mol. The molecule has 0 spiro atoms. The largest absolute Gasteiger partial charge is 0.496 e. The molecule has 0 saturated heterocycles. The summed E-state index contributed by atoms with van der Waals surface area (Å²) in [7, 11) is 3.09. The number of ether oxygens (including phenoxy) is 2. The Kier molecular flexibility index (Phi) is 4.09. The van der Waals surface area contributed by atoms with Crippen molar-refractivity contribution in [2.75, 3.05) is 14.2 Å². The number of rotatable bonds is 4. The molecule has 5 heteroatoms. The van der Waals surface area contributed by atoms with Gasteiger partial charge in [-0.25, -0.2) is 0 Å². The molecule has 0 amide bonds. The standard InChI is InChI=1S/C12H15NO4/c1-8-5-12(17-4)10(7-11(8)16-3)6-9(2)13(14)15/h5-7H,1-4H3/b9-6+. The maximum absolute atomic E-state index is 10.6. The van der Waals surface area contributed by atoms with Gasteiger partial charge in [0.15, 0.2) is 0 Å². The minimum Gasteiger partial charge on any atom is -0.496 e. The molecule has 0 aliphatic carbocycles. The number of benzene rings is 1. The Morgan fingerprint density at radius 3 is 2.35 bits per heavy atom. The van der Waals surface area contributed by atoms with Gasteiger partial charge in [0.1, 0.15) is 11.5 Å². The molecule has 0 atom stereocenters. The fourth-order valence-electron chi connectivity index (χ4n) is 1.46.